The number of nitrogens with one attached hydrogen (secondary N) is 2. The van der Waals surface area contributed by atoms with Gasteiger partial charge in [-0.15, -0.1) is 0 Å². The maximum atomic E-state index is 5.56. The molecule has 0 aromatic heterocycles. The number of anilines is 1. The Bertz CT molecular complexity index is 685. The normalized spacial score (nSPS) is 11.6. The number of hydrogen-bond donors (Lipinski definition) is 2. The van der Waals surface area contributed by atoms with Crippen LogP contribution in [-0.4, -0.2) is 11.7 Å². The van der Waals surface area contributed by atoms with Crippen molar-refractivity contribution in [1.82, 2.24) is 5.32 Å². The lowest BCUT2D eigenvalue weighted by atomic mass is 9.97. The molecule has 2 aromatic carbocycles. The van der Waals surface area contributed by atoms with Gasteiger partial charge in [-0.1, -0.05) is 62.9 Å². The Balaban J connectivity index is 2.02. The molecule has 1 unspecified atom stereocenters. The molecular formula is C21H26N2OS. The monoisotopic (exact) mass is 354 g/mol. The Labute approximate surface area is 156 Å². The average molecular weight is 355 g/mol. The fourth-order valence-electron chi connectivity index (χ4n) is 2.58. The minimum absolute atomic E-state index is 0.182. The summed E-state index contributed by atoms with van der Waals surface area (Å²) < 4.78 is 5.56. The van der Waals surface area contributed by atoms with E-state index in [-0.39, 0.29) is 6.04 Å². The Kier molecular flexibility index (Phi) is 7.48. The van der Waals surface area contributed by atoms with Crippen molar-refractivity contribution in [2.75, 3.05) is 11.9 Å². The van der Waals surface area contributed by atoms with E-state index in [1.54, 1.807) is 6.08 Å². The molecule has 0 amide bonds. The second-order valence-electron chi connectivity index (χ2n) is 6.32. The second kappa shape index (κ2) is 9.84. The van der Waals surface area contributed by atoms with E-state index >= 15 is 0 Å². The maximum Gasteiger partial charge on any atom is 0.171 e. The van der Waals surface area contributed by atoms with Crippen LogP contribution in [0.2, 0.25) is 0 Å². The van der Waals surface area contributed by atoms with Crippen molar-refractivity contribution in [3.8, 4) is 5.75 Å². The molecule has 0 heterocycles. The molecule has 2 aromatic rings. The van der Waals surface area contributed by atoms with E-state index in [1.165, 1.54) is 5.56 Å². The zero-order valence-corrected chi connectivity index (χ0v) is 15.7. The highest BCUT2D eigenvalue weighted by atomic mass is 32.1. The first kappa shape index (κ1) is 19.0. The van der Waals surface area contributed by atoms with Crippen LogP contribution in [0.3, 0.4) is 0 Å². The van der Waals surface area contributed by atoms with Crippen molar-refractivity contribution in [1.29, 1.82) is 0 Å². The largest absolute Gasteiger partial charge is 0.489 e. The van der Waals surface area contributed by atoms with Gasteiger partial charge in [-0.3, -0.25) is 0 Å². The van der Waals surface area contributed by atoms with Crippen LogP contribution in [0.1, 0.15) is 31.9 Å². The van der Waals surface area contributed by atoms with Gasteiger partial charge in [0.15, 0.2) is 5.11 Å². The highest BCUT2D eigenvalue weighted by Crippen LogP contribution is 2.22. The number of rotatable bonds is 8. The Morgan fingerprint density at radius 1 is 1.16 bits per heavy atom. The van der Waals surface area contributed by atoms with Crippen molar-refractivity contribution >= 4 is 23.0 Å². The molecule has 0 saturated heterocycles. The quantitative estimate of drug-likeness (QED) is 0.496. The predicted molar refractivity (Wildman–Crippen MR) is 110 cm³/mol. The third kappa shape index (κ3) is 6.59. The van der Waals surface area contributed by atoms with Gasteiger partial charge in [0.2, 0.25) is 0 Å². The van der Waals surface area contributed by atoms with Crippen molar-refractivity contribution in [3.05, 3.63) is 72.8 Å². The molecule has 0 bridgehead atoms. The molecule has 0 radical (unpaired) electrons. The molecule has 4 heteroatoms. The fourth-order valence-corrected chi connectivity index (χ4v) is 2.84. The van der Waals surface area contributed by atoms with Gasteiger partial charge < -0.3 is 15.4 Å². The van der Waals surface area contributed by atoms with Crippen molar-refractivity contribution in [2.45, 2.75) is 26.3 Å². The van der Waals surface area contributed by atoms with Crippen molar-refractivity contribution in [3.63, 3.8) is 0 Å². The van der Waals surface area contributed by atoms with E-state index in [0.29, 0.717) is 17.6 Å². The lowest BCUT2D eigenvalue weighted by Crippen LogP contribution is -2.33. The highest BCUT2D eigenvalue weighted by Gasteiger charge is 2.14. The fraction of sp³-hybridized carbons (Fsp3) is 0.286. The summed E-state index contributed by atoms with van der Waals surface area (Å²) in [4.78, 5) is 0. The zero-order valence-electron chi connectivity index (χ0n) is 14.9. The summed E-state index contributed by atoms with van der Waals surface area (Å²) in [5.74, 6) is 1.35. The van der Waals surface area contributed by atoms with E-state index < -0.39 is 0 Å². The first-order valence-electron chi connectivity index (χ1n) is 8.54. The number of ether oxygens (including phenoxy) is 1. The lowest BCUT2D eigenvalue weighted by Gasteiger charge is -2.23. The predicted octanol–water partition coefficient (Wildman–Crippen LogP) is 5.33. The highest BCUT2D eigenvalue weighted by molar-refractivity contribution is 7.80. The second-order valence-corrected chi connectivity index (χ2v) is 6.73. The first-order valence-corrected chi connectivity index (χ1v) is 8.95. The summed E-state index contributed by atoms with van der Waals surface area (Å²) in [5.41, 5.74) is 2.14. The number of benzene rings is 2. The van der Waals surface area contributed by atoms with E-state index in [1.807, 2.05) is 30.3 Å². The summed E-state index contributed by atoms with van der Waals surface area (Å²) >= 11 is 5.52. The lowest BCUT2D eigenvalue weighted by molar-refractivity contribution is 0.363. The van der Waals surface area contributed by atoms with Gasteiger partial charge in [0, 0.05) is 11.8 Å². The van der Waals surface area contributed by atoms with Crippen LogP contribution in [0, 0.1) is 5.92 Å². The molecule has 3 nitrogen and oxygen atoms in total. The number of hydrogen-bond acceptors (Lipinski definition) is 2. The molecular weight excluding hydrogens is 328 g/mol. The molecule has 2 N–H and O–H groups in total. The van der Waals surface area contributed by atoms with Crippen LogP contribution in [0.25, 0.3) is 0 Å². The van der Waals surface area contributed by atoms with Crippen molar-refractivity contribution in [2.24, 2.45) is 5.92 Å². The van der Waals surface area contributed by atoms with Crippen LogP contribution >= 0.6 is 12.2 Å². The summed E-state index contributed by atoms with van der Waals surface area (Å²) in [5, 5.41) is 7.29. The number of thiocarbonyl (C=S) groups is 1. The van der Waals surface area contributed by atoms with Gasteiger partial charge in [0.1, 0.15) is 12.4 Å². The van der Waals surface area contributed by atoms with Gasteiger partial charge in [-0.2, -0.15) is 0 Å². The Morgan fingerprint density at radius 2 is 1.92 bits per heavy atom. The zero-order chi connectivity index (χ0) is 18.1. The smallest absolute Gasteiger partial charge is 0.171 e. The van der Waals surface area contributed by atoms with E-state index in [9.17, 15) is 0 Å². The summed E-state index contributed by atoms with van der Waals surface area (Å²) in [7, 11) is 0. The maximum absolute atomic E-state index is 5.56. The minimum Gasteiger partial charge on any atom is -0.489 e. The Hall–Kier alpha value is -2.33. The van der Waals surface area contributed by atoms with Gasteiger partial charge in [-0.05, 0) is 42.3 Å². The molecule has 0 spiro atoms. The summed E-state index contributed by atoms with van der Waals surface area (Å²) in [6.45, 7) is 8.58. The van der Waals surface area contributed by atoms with Crippen LogP contribution in [0.15, 0.2) is 67.3 Å². The Morgan fingerprint density at radius 3 is 2.60 bits per heavy atom. The average Bonchev–Trinajstić information content (AvgIpc) is 2.60. The standard InChI is InChI=1S/C21H26N2OS/c1-4-13-24-19-12-8-11-18(15-19)22-21(25)23-20(14-16(2)3)17-9-6-5-7-10-17/h4-12,15-16,20H,1,13-14H2,2-3H3,(H2,22,23,25). The van der Waals surface area contributed by atoms with E-state index in [2.05, 4.69) is 55.3 Å². The minimum atomic E-state index is 0.182. The van der Waals surface area contributed by atoms with Crippen LogP contribution in [-0.2, 0) is 0 Å². The summed E-state index contributed by atoms with van der Waals surface area (Å²) in [6.07, 6.45) is 2.73. The van der Waals surface area contributed by atoms with E-state index in [0.717, 1.165) is 17.9 Å². The van der Waals surface area contributed by atoms with Crippen LogP contribution < -0.4 is 15.4 Å². The van der Waals surface area contributed by atoms with Crippen LogP contribution in [0.5, 0.6) is 5.75 Å². The van der Waals surface area contributed by atoms with E-state index in [4.69, 9.17) is 17.0 Å². The molecule has 0 aliphatic heterocycles. The molecule has 0 aliphatic rings. The van der Waals surface area contributed by atoms with Crippen LogP contribution in [0.4, 0.5) is 5.69 Å². The van der Waals surface area contributed by atoms with Gasteiger partial charge in [-0.25, -0.2) is 0 Å². The van der Waals surface area contributed by atoms with Crippen molar-refractivity contribution < 1.29 is 4.74 Å². The molecule has 25 heavy (non-hydrogen) atoms. The van der Waals surface area contributed by atoms with Gasteiger partial charge in [0.25, 0.3) is 0 Å². The van der Waals surface area contributed by atoms with Gasteiger partial charge in [0.05, 0.1) is 6.04 Å². The molecule has 1 atom stereocenters. The molecule has 0 saturated carbocycles. The van der Waals surface area contributed by atoms with Gasteiger partial charge >= 0.3 is 0 Å². The third-order valence-corrected chi connectivity index (χ3v) is 3.89. The SMILES string of the molecule is C=CCOc1cccc(NC(=S)NC(CC(C)C)c2ccccc2)c1. The topological polar surface area (TPSA) is 33.3 Å². The molecule has 0 aliphatic carbocycles. The summed E-state index contributed by atoms with van der Waals surface area (Å²) in [6, 6.07) is 18.3. The molecule has 0 fully saturated rings. The molecule has 132 valence electrons. The third-order valence-electron chi connectivity index (χ3n) is 3.67. The molecule has 2 rings (SSSR count). The first-order chi connectivity index (χ1) is 12.1.